The quantitative estimate of drug-likeness (QED) is 0.596. The minimum atomic E-state index is 0.625. The van der Waals surface area contributed by atoms with Crippen LogP contribution in [0.4, 0.5) is 0 Å². The highest BCUT2D eigenvalue weighted by atomic mass is 15.3. The van der Waals surface area contributed by atoms with E-state index in [4.69, 9.17) is 0 Å². The molecule has 2 aliphatic rings. The summed E-state index contributed by atoms with van der Waals surface area (Å²) in [5.41, 5.74) is 0. The van der Waals surface area contributed by atoms with Crippen molar-refractivity contribution in [3.8, 4) is 0 Å². The van der Waals surface area contributed by atoms with Crippen molar-refractivity contribution in [1.29, 1.82) is 0 Å². The molecule has 13 heavy (non-hydrogen) atoms. The van der Waals surface area contributed by atoms with Crippen molar-refractivity contribution >= 4 is 0 Å². The van der Waals surface area contributed by atoms with Crippen LogP contribution in [0.2, 0.25) is 0 Å². The predicted molar refractivity (Wildman–Crippen MR) is 54.3 cm³/mol. The average molecular weight is 183 g/mol. The van der Waals surface area contributed by atoms with E-state index in [2.05, 4.69) is 23.0 Å². The van der Waals surface area contributed by atoms with E-state index < -0.39 is 0 Å². The topological polar surface area (TPSA) is 36.1 Å². The summed E-state index contributed by atoms with van der Waals surface area (Å²) in [4.78, 5) is 0. The molecule has 1 aliphatic carbocycles. The van der Waals surface area contributed by atoms with Crippen molar-refractivity contribution in [2.24, 2.45) is 11.8 Å². The van der Waals surface area contributed by atoms with Gasteiger partial charge in [-0.15, -0.1) is 0 Å². The number of hydrogen-bond acceptors (Lipinski definition) is 3. The van der Waals surface area contributed by atoms with Crippen LogP contribution in [0.1, 0.15) is 25.7 Å². The van der Waals surface area contributed by atoms with E-state index in [1.54, 1.807) is 0 Å². The van der Waals surface area contributed by atoms with Crippen LogP contribution >= 0.6 is 0 Å². The third-order valence-electron chi connectivity index (χ3n) is 3.43. The molecule has 2 rings (SSSR count). The molecule has 0 amide bonds. The molecule has 1 saturated heterocycles. The number of nitrogens with one attached hydrogen (secondary N) is 3. The molecule has 0 spiro atoms. The lowest BCUT2D eigenvalue weighted by molar-refractivity contribution is 0.139. The van der Waals surface area contributed by atoms with Gasteiger partial charge in [0, 0.05) is 6.67 Å². The molecule has 3 nitrogen and oxygen atoms in total. The second-order valence-electron chi connectivity index (χ2n) is 4.41. The van der Waals surface area contributed by atoms with Crippen molar-refractivity contribution in [1.82, 2.24) is 16.0 Å². The van der Waals surface area contributed by atoms with Crippen LogP contribution in [0.15, 0.2) is 0 Å². The van der Waals surface area contributed by atoms with Gasteiger partial charge < -0.3 is 5.32 Å². The Morgan fingerprint density at radius 2 is 2.15 bits per heavy atom. The summed E-state index contributed by atoms with van der Waals surface area (Å²) in [6.45, 7) is 2.21. The molecule has 1 heterocycles. The summed E-state index contributed by atoms with van der Waals surface area (Å²) < 4.78 is 0. The fraction of sp³-hybridized carbons (Fsp3) is 1.00. The van der Waals surface area contributed by atoms with E-state index in [0.29, 0.717) is 6.17 Å². The van der Waals surface area contributed by atoms with E-state index in [9.17, 15) is 0 Å². The Labute approximate surface area is 80.7 Å². The predicted octanol–water partition coefficient (Wildman–Crippen LogP) is 0.489. The molecule has 2 fully saturated rings. The first-order valence-electron chi connectivity index (χ1n) is 5.51. The van der Waals surface area contributed by atoms with Crippen LogP contribution in [0.25, 0.3) is 0 Å². The van der Waals surface area contributed by atoms with Crippen LogP contribution in [0, 0.1) is 11.8 Å². The summed E-state index contributed by atoms with van der Waals surface area (Å²) in [5.74, 6) is 1.79. The van der Waals surface area contributed by atoms with E-state index in [-0.39, 0.29) is 0 Å². The Balaban J connectivity index is 1.77. The largest absolute Gasteiger partial charge is 0.319 e. The zero-order valence-electron chi connectivity index (χ0n) is 8.47. The van der Waals surface area contributed by atoms with Gasteiger partial charge in [-0.3, -0.25) is 10.6 Å². The smallest absolute Gasteiger partial charge is 0.0620 e. The monoisotopic (exact) mass is 183 g/mol. The molecule has 1 aliphatic heterocycles. The van der Waals surface area contributed by atoms with Gasteiger partial charge in [0.2, 0.25) is 0 Å². The first-order valence-corrected chi connectivity index (χ1v) is 5.51. The molecule has 0 bridgehead atoms. The van der Waals surface area contributed by atoms with Crippen LogP contribution in [0.5, 0.6) is 0 Å². The van der Waals surface area contributed by atoms with Crippen LogP contribution < -0.4 is 16.0 Å². The first kappa shape index (κ1) is 9.44. The van der Waals surface area contributed by atoms with Gasteiger partial charge in [0.05, 0.1) is 6.17 Å². The van der Waals surface area contributed by atoms with Crippen LogP contribution in [0.3, 0.4) is 0 Å². The maximum absolute atomic E-state index is 3.45. The fourth-order valence-electron chi connectivity index (χ4n) is 2.66. The zero-order chi connectivity index (χ0) is 9.10. The summed E-state index contributed by atoms with van der Waals surface area (Å²) in [6, 6.07) is 0. The summed E-state index contributed by atoms with van der Waals surface area (Å²) in [7, 11) is 2.06. The average Bonchev–Trinajstić information content (AvgIpc) is 2.02. The Hall–Kier alpha value is -0.120. The molecule has 76 valence electrons. The molecule has 3 N–H and O–H groups in total. The molecular formula is C10H21N3. The zero-order valence-corrected chi connectivity index (χ0v) is 8.47. The van der Waals surface area contributed by atoms with Gasteiger partial charge in [0.25, 0.3) is 0 Å². The van der Waals surface area contributed by atoms with Gasteiger partial charge in [-0.2, -0.15) is 0 Å². The van der Waals surface area contributed by atoms with Crippen molar-refractivity contribution in [2.75, 3.05) is 20.3 Å². The highest BCUT2D eigenvalue weighted by Crippen LogP contribution is 2.30. The maximum atomic E-state index is 3.45. The molecule has 3 heteroatoms. The highest BCUT2D eigenvalue weighted by molar-refractivity contribution is 4.85. The van der Waals surface area contributed by atoms with Crippen molar-refractivity contribution in [2.45, 2.75) is 31.8 Å². The number of rotatable bonds is 3. The van der Waals surface area contributed by atoms with Crippen molar-refractivity contribution in [3.05, 3.63) is 0 Å². The first-order chi connectivity index (χ1) is 6.40. The Kier molecular flexibility index (Phi) is 3.19. The third-order valence-corrected chi connectivity index (χ3v) is 3.43. The van der Waals surface area contributed by atoms with Gasteiger partial charge >= 0.3 is 0 Å². The molecule has 0 aromatic heterocycles. The summed E-state index contributed by atoms with van der Waals surface area (Å²) in [5, 5.41) is 10.2. The fourth-order valence-corrected chi connectivity index (χ4v) is 2.66. The Morgan fingerprint density at radius 1 is 1.31 bits per heavy atom. The summed E-state index contributed by atoms with van der Waals surface area (Å²) >= 11 is 0. The lowest BCUT2D eigenvalue weighted by Crippen LogP contribution is -2.63. The van der Waals surface area contributed by atoms with E-state index in [1.807, 2.05) is 0 Å². The Morgan fingerprint density at radius 3 is 2.77 bits per heavy atom. The van der Waals surface area contributed by atoms with Gasteiger partial charge in [-0.1, -0.05) is 6.42 Å². The summed E-state index contributed by atoms with van der Waals surface area (Å²) in [6.07, 6.45) is 6.26. The minimum absolute atomic E-state index is 0.625. The van der Waals surface area contributed by atoms with Crippen molar-refractivity contribution in [3.63, 3.8) is 0 Å². The highest BCUT2D eigenvalue weighted by Gasteiger charge is 2.30. The lowest BCUT2D eigenvalue weighted by atomic mass is 9.79. The van der Waals surface area contributed by atoms with Gasteiger partial charge in [-0.05, 0) is 44.7 Å². The molecule has 0 radical (unpaired) electrons. The number of hydrogen-bond donors (Lipinski definition) is 3. The van der Waals surface area contributed by atoms with Gasteiger partial charge in [0.15, 0.2) is 0 Å². The maximum Gasteiger partial charge on any atom is 0.0620 e. The normalized spacial score (nSPS) is 35.8. The van der Waals surface area contributed by atoms with E-state index in [0.717, 1.165) is 18.5 Å². The molecule has 0 unspecified atom stereocenters. The van der Waals surface area contributed by atoms with Gasteiger partial charge in [-0.25, -0.2) is 0 Å². The van der Waals surface area contributed by atoms with E-state index in [1.165, 1.54) is 32.2 Å². The standard InChI is InChI=1S/C10H21N3/c1-11-6-8-3-2-4-9(5-8)10-12-7-13-10/h8-13H,2-7H2,1H3/t8-,9+/m1/s1. The third kappa shape index (κ3) is 2.22. The second-order valence-corrected chi connectivity index (χ2v) is 4.41. The minimum Gasteiger partial charge on any atom is -0.319 e. The molecule has 0 aromatic carbocycles. The van der Waals surface area contributed by atoms with Crippen LogP contribution in [-0.2, 0) is 0 Å². The van der Waals surface area contributed by atoms with Gasteiger partial charge in [0.1, 0.15) is 0 Å². The molecule has 0 aromatic rings. The molecular weight excluding hydrogens is 162 g/mol. The van der Waals surface area contributed by atoms with E-state index >= 15 is 0 Å². The Bertz CT molecular complexity index is 154. The molecule has 1 saturated carbocycles. The molecule has 2 atom stereocenters. The van der Waals surface area contributed by atoms with Crippen LogP contribution in [-0.4, -0.2) is 26.4 Å². The SMILES string of the molecule is CNC[C@@H]1CCC[C@H](C2NCN2)C1. The lowest BCUT2D eigenvalue weighted by Gasteiger charge is -2.40. The van der Waals surface area contributed by atoms with Crippen molar-refractivity contribution < 1.29 is 0 Å². The second kappa shape index (κ2) is 4.40.